The lowest BCUT2D eigenvalue weighted by Crippen LogP contribution is -2.47. The Labute approximate surface area is 118 Å². The zero-order valence-electron chi connectivity index (χ0n) is 11.7. The van der Waals surface area contributed by atoms with E-state index >= 15 is 0 Å². The predicted octanol–water partition coefficient (Wildman–Crippen LogP) is 1.68. The largest absolute Gasteiger partial charge is 0.373 e. The first-order valence-electron chi connectivity index (χ1n) is 6.96. The highest BCUT2D eigenvalue weighted by Gasteiger charge is 2.24. The average Bonchev–Trinajstić information content (AvgIpc) is 2.46. The molecule has 110 valence electrons. The molecule has 1 saturated heterocycles. The summed E-state index contributed by atoms with van der Waals surface area (Å²) in [6.07, 6.45) is 1.79. The van der Waals surface area contributed by atoms with Gasteiger partial charge < -0.3 is 15.4 Å². The normalized spacial score (nSPS) is 18.1. The van der Waals surface area contributed by atoms with Gasteiger partial charge in [-0.15, -0.1) is 0 Å². The van der Waals surface area contributed by atoms with Crippen LogP contribution in [0.4, 0.5) is 4.39 Å². The molecule has 0 spiro atoms. The third kappa shape index (κ3) is 4.02. The quantitative estimate of drug-likeness (QED) is 0.913. The highest BCUT2D eigenvalue weighted by atomic mass is 19.1. The van der Waals surface area contributed by atoms with Crippen molar-refractivity contribution in [2.45, 2.75) is 38.5 Å². The maximum atomic E-state index is 12.8. The van der Waals surface area contributed by atoms with Crippen LogP contribution in [0.3, 0.4) is 0 Å². The Kier molecular flexibility index (Phi) is 5.09. The summed E-state index contributed by atoms with van der Waals surface area (Å²) in [5.74, 6) is -0.238. The number of benzene rings is 1. The van der Waals surface area contributed by atoms with Crippen molar-refractivity contribution in [3.05, 3.63) is 35.6 Å². The van der Waals surface area contributed by atoms with Gasteiger partial charge in [-0.3, -0.25) is 4.79 Å². The molecule has 0 bridgehead atoms. The first kappa shape index (κ1) is 14.9. The molecule has 2 rings (SSSR count). The first-order chi connectivity index (χ1) is 9.56. The van der Waals surface area contributed by atoms with Crippen LogP contribution in [0.5, 0.6) is 0 Å². The number of amides is 1. The number of hydrogen-bond donors (Lipinski definition) is 1. The standard InChI is InChI=1S/C15H21FN2O2/c1-11(17)15(19)18-8-6-14(7-9-18)20-10-12-2-4-13(16)5-3-12/h2-5,11,14H,6-10,17H2,1H3. The van der Waals surface area contributed by atoms with Crippen LogP contribution < -0.4 is 5.73 Å². The topological polar surface area (TPSA) is 55.6 Å². The van der Waals surface area contributed by atoms with Crippen molar-refractivity contribution in [1.29, 1.82) is 0 Å². The number of likely N-dealkylation sites (tertiary alicyclic amines) is 1. The number of hydrogen-bond acceptors (Lipinski definition) is 3. The van der Waals surface area contributed by atoms with Crippen molar-refractivity contribution in [3.8, 4) is 0 Å². The smallest absolute Gasteiger partial charge is 0.239 e. The molecule has 5 heteroatoms. The summed E-state index contributed by atoms with van der Waals surface area (Å²) in [7, 11) is 0. The molecule has 1 unspecified atom stereocenters. The molecule has 0 radical (unpaired) electrons. The molecule has 1 atom stereocenters. The van der Waals surface area contributed by atoms with E-state index in [1.54, 1.807) is 24.0 Å². The van der Waals surface area contributed by atoms with Gasteiger partial charge in [-0.2, -0.15) is 0 Å². The van der Waals surface area contributed by atoms with Gasteiger partial charge in [-0.1, -0.05) is 12.1 Å². The zero-order valence-corrected chi connectivity index (χ0v) is 11.7. The number of carbonyl (C=O) groups excluding carboxylic acids is 1. The summed E-state index contributed by atoms with van der Waals surface area (Å²) < 4.78 is 18.6. The Morgan fingerprint density at radius 1 is 1.40 bits per heavy atom. The van der Waals surface area contributed by atoms with Crippen molar-refractivity contribution >= 4 is 5.91 Å². The number of ether oxygens (including phenoxy) is 1. The molecular weight excluding hydrogens is 259 g/mol. The van der Waals surface area contributed by atoms with Gasteiger partial charge >= 0.3 is 0 Å². The molecule has 1 aromatic rings. The van der Waals surface area contributed by atoms with Crippen molar-refractivity contribution < 1.29 is 13.9 Å². The SMILES string of the molecule is CC(N)C(=O)N1CCC(OCc2ccc(F)cc2)CC1. The molecule has 1 aliphatic heterocycles. The highest BCUT2D eigenvalue weighted by molar-refractivity contribution is 5.81. The van der Waals surface area contributed by atoms with Gasteiger partial charge in [-0.25, -0.2) is 4.39 Å². The van der Waals surface area contributed by atoms with Crippen molar-refractivity contribution in [2.24, 2.45) is 5.73 Å². The fourth-order valence-electron chi connectivity index (χ4n) is 2.33. The Hall–Kier alpha value is -1.46. The fraction of sp³-hybridized carbons (Fsp3) is 0.533. The minimum atomic E-state index is -0.438. The minimum absolute atomic E-state index is 0.00184. The fourth-order valence-corrected chi connectivity index (χ4v) is 2.33. The molecule has 1 aliphatic rings. The van der Waals surface area contributed by atoms with Gasteiger partial charge in [0.2, 0.25) is 5.91 Å². The van der Waals surface area contributed by atoms with Crippen molar-refractivity contribution in [1.82, 2.24) is 4.90 Å². The molecule has 1 fully saturated rings. The van der Waals surface area contributed by atoms with E-state index in [4.69, 9.17) is 10.5 Å². The molecule has 1 heterocycles. The lowest BCUT2D eigenvalue weighted by molar-refractivity contribution is -0.135. The van der Waals surface area contributed by atoms with Crippen LogP contribution in [0.2, 0.25) is 0 Å². The second kappa shape index (κ2) is 6.81. The molecule has 4 nitrogen and oxygen atoms in total. The lowest BCUT2D eigenvalue weighted by Gasteiger charge is -2.32. The number of rotatable bonds is 4. The summed E-state index contributed by atoms with van der Waals surface area (Å²) >= 11 is 0. The number of halogens is 1. The van der Waals surface area contributed by atoms with Crippen LogP contribution >= 0.6 is 0 Å². The second-order valence-corrected chi connectivity index (χ2v) is 5.25. The van der Waals surface area contributed by atoms with E-state index in [-0.39, 0.29) is 17.8 Å². The van der Waals surface area contributed by atoms with Gasteiger partial charge in [0, 0.05) is 13.1 Å². The van der Waals surface area contributed by atoms with Crippen molar-refractivity contribution in [3.63, 3.8) is 0 Å². The van der Waals surface area contributed by atoms with Gasteiger partial charge in [0.1, 0.15) is 5.82 Å². The van der Waals surface area contributed by atoms with Crippen LogP contribution in [0.25, 0.3) is 0 Å². The average molecular weight is 280 g/mol. The summed E-state index contributed by atoms with van der Waals surface area (Å²) in [5, 5.41) is 0. The highest BCUT2D eigenvalue weighted by Crippen LogP contribution is 2.16. The molecular formula is C15H21FN2O2. The van der Waals surface area contributed by atoms with Crippen LogP contribution in [0.1, 0.15) is 25.3 Å². The second-order valence-electron chi connectivity index (χ2n) is 5.25. The molecule has 20 heavy (non-hydrogen) atoms. The molecule has 0 saturated carbocycles. The third-order valence-electron chi connectivity index (χ3n) is 3.54. The number of carbonyl (C=O) groups is 1. The van der Waals surface area contributed by atoms with E-state index in [1.165, 1.54) is 12.1 Å². The van der Waals surface area contributed by atoms with E-state index < -0.39 is 6.04 Å². The molecule has 1 aromatic carbocycles. The van der Waals surface area contributed by atoms with Gasteiger partial charge in [0.15, 0.2) is 0 Å². The predicted molar refractivity (Wildman–Crippen MR) is 74.4 cm³/mol. The Bertz CT molecular complexity index is 440. The Morgan fingerprint density at radius 3 is 2.55 bits per heavy atom. The summed E-state index contributed by atoms with van der Waals surface area (Å²) in [4.78, 5) is 13.5. The van der Waals surface area contributed by atoms with E-state index in [9.17, 15) is 9.18 Å². The summed E-state index contributed by atoms with van der Waals surface area (Å²) in [6, 6.07) is 5.88. The first-order valence-corrected chi connectivity index (χ1v) is 6.96. The van der Waals surface area contributed by atoms with Gasteiger partial charge in [0.25, 0.3) is 0 Å². The van der Waals surface area contributed by atoms with Crippen molar-refractivity contribution in [2.75, 3.05) is 13.1 Å². The van der Waals surface area contributed by atoms with E-state index in [0.29, 0.717) is 19.7 Å². The molecule has 0 aromatic heterocycles. The van der Waals surface area contributed by atoms with Crippen LogP contribution in [-0.2, 0) is 16.1 Å². The summed E-state index contributed by atoms with van der Waals surface area (Å²) in [6.45, 7) is 3.56. The van der Waals surface area contributed by atoms with E-state index in [2.05, 4.69) is 0 Å². The Balaban J connectivity index is 1.74. The van der Waals surface area contributed by atoms with Gasteiger partial charge in [-0.05, 0) is 37.5 Å². The van der Waals surface area contributed by atoms with Crippen LogP contribution in [-0.4, -0.2) is 36.0 Å². The summed E-state index contributed by atoms with van der Waals surface area (Å²) in [5.41, 5.74) is 6.55. The van der Waals surface area contributed by atoms with E-state index in [1.807, 2.05) is 0 Å². The molecule has 2 N–H and O–H groups in total. The van der Waals surface area contributed by atoms with Crippen LogP contribution in [0, 0.1) is 5.82 Å². The number of nitrogens with two attached hydrogens (primary N) is 1. The Morgan fingerprint density at radius 2 is 2.00 bits per heavy atom. The van der Waals surface area contributed by atoms with Gasteiger partial charge in [0.05, 0.1) is 18.8 Å². The number of piperidine rings is 1. The minimum Gasteiger partial charge on any atom is -0.373 e. The molecule has 1 amide bonds. The van der Waals surface area contributed by atoms with Crippen LogP contribution in [0.15, 0.2) is 24.3 Å². The lowest BCUT2D eigenvalue weighted by atomic mass is 10.1. The maximum absolute atomic E-state index is 12.8. The third-order valence-corrected chi connectivity index (χ3v) is 3.54. The maximum Gasteiger partial charge on any atom is 0.239 e. The zero-order chi connectivity index (χ0) is 14.5. The monoisotopic (exact) mass is 280 g/mol. The number of nitrogens with zero attached hydrogens (tertiary/aromatic N) is 1. The van der Waals surface area contributed by atoms with E-state index in [0.717, 1.165) is 18.4 Å². The molecule has 0 aliphatic carbocycles.